The number of carbonyl (C=O) groups excluding carboxylic acids is 1. The average Bonchev–Trinajstić information content (AvgIpc) is 2.65. The van der Waals surface area contributed by atoms with Crippen LogP contribution < -0.4 is 11.1 Å². The molecule has 1 unspecified atom stereocenters. The summed E-state index contributed by atoms with van der Waals surface area (Å²) in [6, 6.07) is 0. The second-order valence-corrected chi connectivity index (χ2v) is 6.21. The average molecular weight is 318 g/mol. The lowest BCUT2D eigenvalue weighted by molar-refractivity contribution is -0.122. The molecule has 0 aromatic carbocycles. The third-order valence-electron chi connectivity index (χ3n) is 3.53. The largest absolute Gasteiger partial charge is 0.361 e. The van der Waals surface area contributed by atoms with Gasteiger partial charge in [-0.2, -0.15) is 0 Å². The van der Waals surface area contributed by atoms with E-state index in [2.05, 4.69) is 24.3 Å². The minimum absolute atomic E-state index is 0. The zero-order chi connectivity index (χ0) is 15.3. The van der Waals surface area contributed by atoms with Crippen LogP contribution >= 0.6 is 12.4 Å². The monoisotopic (exact) mass is 317 g/mol. The minimum Gasteiger partial charge on any atom is -0.361 e. The van der Waals surface area contributed by atoms with E-state index in [0.29, 0.717) is 25.3 Å². The van der Waals surface area contributed by atoms with Gasteiger partial charge in [-0.25, -0.2) is 0 Å². The van der Waals surface area contributed by atoms with Gasteiger partial charge in [0.1, 0.15) is 5.76 Å². The Hall–Kier alpha value is -1.07. The number of hydrogen-bond acceptors (Lipinski definition) is 4. The van der Waals surface area contributed by atoms with Gasteiger partial charge in [-0.3, -0.25) is 4.79 Å². The molecule has 0 saturated carbocycles. The predicted octanol–water partition coefficient (Wildman–Crippen LogP) is 2.53. The van der Waals surface area contributed by atoms with Crippen molar-refractivity contribution >= 4 is 18.3 Å². The Bertz CT molecular complexity index is 440. The Morgan fingerprint density at radius 2 is 2.05 bits per heavy atom. The molecule has 0 bridgehead atoms. The standard InChI is InChI=1S/C15H27N3O2.ClH/c1-10(2)8-15(5,9-16)17-14(19)7-6-13-11(3)18-20-12(13)4;/h10H,6-9,16H2,1-5H3,(H,17,19);1H. The second-order valence-electron chi connectivity index (χ2n) is 6.21. The molecule has 1 amide bonds. The van der Waals surface area contributed by atoms with E-state index < -0.39 is 0 Å². The molecular weight excluding hydrogens is 290 g/mol. The molecule has 122 valence electrons. The molecule has 1 atom stereocenters. The summed E-state index contributed by atoms with van der Waals surface area (Å²) in [5.74, 6) is 1.31. The number of rotatable bonds is 7. The van der Waals surface area contributed by atoms with Gasteiger partial charge in [0.2, 0.25) is 5.91 Å². The lowest BCUT2D eigenvalue weighted by Gasteiger charge is -2.31. The first-order chi connectivity index (χ1) is 9.27. The first kappa shape index (κ1) is 19.9. The van der Waals surface area contributed by atoms with Gasteiger partial charge >= 0.3 is 0 Å². The molecular formula is C15H28ClN3O2. The van der Waals surface area contributed by atoms with Crippen molar-refractivity contribution in [2.24, 2.45) is 11.7 Å². The van der Waals surface area contributed by atoms with Gasteiger partial charge < -0.3 is 15.6 Å². The number of nitrogens with two attached hydrogens (primary N) is 1. The molecule has 0 saturated heterocycles. The lowest BCUT2D eigenvalue weighted by atomic mass is 9.90. The topological polar surface area (TPSA) is 81.2 Å². The molecule has 6 heteroatoms. The summed E-state index contributed by atoms with van der Waals surface area (Å²) < 4.78 is 5.10. The van der Waals surface area contributed by atoms with E-state index in [1.165, 1.54) is 0 Å². The Morgan fingerprint density at radius 3 is 2.48 bits per heavy atom. The van der Waals surface area contributed by atoms with Crippen LogP contribution in [0.25, 0.3) is 0 Å². The van der Waals surface area contributed by atoms with Gasteiger partial charge in [0.15, 0.2) is 0 Å². The van der Waals surface area contributed by atoms with Crippen molar-refractivity contribution in [1.82, 2.24) is 10.5 Å². The normalized spacial score (nSPS) is 13.7. The van der Waals surface area contributed by atoms with Crippen LogP contribution in [0.15, 0.2) is 4.52 Å². The molecule has 3 N–H and O–H groups in total. The summed E-state index contributed by atoms with van der Waals surface area (Å²) in [7, 11) is 0. The van der Waals surface area contributed by atoms with Gasteiger partial charge in [0, 0.05) is 24.1 Å². The molecule has 0 fully saturated rings. The van der Waals surface area contributed by atoms with Gasteiger partial charge in [0.05, 0.1) is 5.69 Å². The maximum Gasteiger partial charge on any atom is 0.220 e. The van der Waals surface area contributed by atoms with E-state index in [1.807, 2.05) is 20.8 Å². The molecule has 0 spiro atoms. The van der Waals surface area contributed by atoms with Gasteiger partial charge in [0.25, 0.3) is 0 Å². The van der Waals surface area contributed by atoms with Crippen molar-refractivity contribution in [3.05, 3.63) is 17.0 Å². The Kier molecular flexibility index (Phi) is 7.96. The van der Waals surface area contributed by atoms with Crippen LogP contribution in [0.5, 0.6) is 0 Å². The van der Waals surface area contributed by atoms with Crippen LogP contribution in [0, 0.1) is 19.8 Å². The SMILES string of the molecule is Cc1noc(C)c1CCC(=O)NC(C)(CN)CC(C)C.Cl. The van der Waals surface area contributed by atoms with Gasteiger partial charge in [-0.15, -0.1) is 12.4 Å². The van der Waals surface area contributed by atoms with E-state index in [1.54, 1.807) is 0 Å². The molecule has 21 heavy (non-hydrogen) atoms. The van der Waals surface area contributed by atoms with Crippen molar-refractivity contribution in [3.8, 4) is 0 Å². The van der Waals surface area contributed by atoms with Crippen molar-refractivity contribution in [2.75, 3.05) is 6.54 Å². The third-order valence-corrected chi connectivity index (χ3v) is 3.53. The summed E-state index contributed by atoms with van der Waals surface area (Å²) in [5.41, 5.74) is 7.36. The summed E-state index contributed by atoms with van der Waals surface area (Å²) in [4.78, 5) is 12.1. The number of amides is 1. The van der Waals surface area contributed by atoms with E-state index in [-0.39, 0.29) is 23.9 Å². The molecule has 0 aliphatic carbocycles. The highest BCUT2D eigenvalue weighted by atomic mass is 35.5. The lowest BCUT2D eigenvalue weighted by Crippen LogP contribution is -2.52. The number of hydrogen-bond donors (Lipinski definition) is 2. The van der Waals surface area contributed by atoms with Crippen LogP contribution in [-0.2, 0) is 11.2 Å². The summed E-state index contributed by atoms with van der Waals surface area (Å²) in [5, 5.41) is 6.96. The second kappa shape index (κ2) is 8.39. The molecule has 1 aromatic rings. The zero-order valence-electron chi connectivity index (χ0n) is 13.7. The molecule has 5 nitrogen and oxygen atoms in total. The van der Waals surface area contributed by atoms with Gasteiger partial charge in [-0.05, 0) is 39.5 Å². The predicted molar refractivity (Wildman–Crippen MR) is 86.6 cm³/mol. The van der Waals surface area contributed by atoms with E-state index >= 15 is 0 Å². The van der Waals surface area contributed by atoms with Crippen LogP contribution in [0.4, 0.5) is 0 Å². The van der Waals surface area contributed by atoms with Crippen LogP contribution in [0.2, 0.25) is 0 Å². The molecule has 1 rings (SSSR count). The fourth-order valence-electron chi connectivity index (χ4n) is 2.58. The summed E-state index contributed by atoms with van der Waals surface area (Å²) in [6.45, 7) is 10.5. The highest BCUT2D eigenvalue weighted by molar-refractivity contribution is 5.85. The highest BCUT2D eigenvalue weighted by Crippen LogP contribution is 2.17. The quantitative estimate of drug-likeness (QED) is 0.809. The van der Waals surface area contributed by atoms with Crippen molar-refractivity contribution in [3.63, 3.8) is 0 Å². The van der Waals surface area contributed by atoms with Crippen molar-refractivity contribution in [1.29, 1.82) is 0 Å². The summed E-state index contributed by atoms with van der Waals surface area (Å²) >= 11 is 0. The highest BCUT2D eigenvalue weighted by Gasteiger charge is 2.25. The Labute approximate surface area is 133 Å². The van der Waals surface area contributed by atoms with E-state index in [0.717, 1.165) is 23.4 Å². The number of aromatic nitrogens is 1. The van der Waals surface area contributed by atoms with Gasteiger partial charge in [-0.1, -0.05) is 19.0 Å². The molecule has 0 aliphatic heterocycles. The number of nitrogens with one attached hydrogen (secondary N) is 1. The number of nitrogens with zero attached hydrogens (tertiary/aromatic N) is 1. The maximum atomic E-state index is 12.1. The first-order valence-corrected chi connectivity index (χ1v) is 7.20. The van der Waals surface area contributed by atoms with Crippen molar-refractivity contribution in [2.45, 2.75) is 59.4 Å². The number of aryl methyl sites for hydroxylation is 2. The van der Waals surface area contributed by atoms with Crippen LogP contribution in [0.1, 0.15) is 50.6 Å². The minimum atomic E-state index is -0.329. The smallest absolute Gasteiger partial charge is 0.220 e. The van der Waals surface area contributed by atoms with E-state index in [9.17, 15) is 4.79 Å². The molecule has 1 heterocycles. The maximum absolute atomic E-state index is 12.1. The fraction of sp³-hybridized carbons (Fsp3) is 0.733. The Balaban J connectivity index is 0.00000400. The number of halogens is 1. The third kappa shape index (κ3) is 6.06. The molecule has 0 radical (unpaired) electrons. The van der Waals surface area contributed by atoms with E-state index in [4.69, 9.17) is 10.3 Å². The van der Waals surface area contributed by atoms with Crippen molar-refractivity contribution < 1.29 is 9.32 Å². The summed E-state index contributed by atoms with van der Waals surface area (Å²) in [6.07, 6.45) is 1.95. The fourth-order valence-corrected chi connectivity index (χ4v) is 2.58. The number of carbonyl (C=O) groups is 1. The molecule has 0 aliphatic rings. The molecule has 1 aromatic heterocycles. The van der Waals surface area contributed by atoms with Crippen LogP contribution in [-0.4, -0.2) is 23.1 Å². The Morgan fingerprint density at radius 1 is 1.43 bits per heavy atom. The first-order valence-electron chi connectivity index (χ1n) is 7.20. The van der Waals surface area contributed by atoms with Crippen LogP contribution in [0.3, 0.4) is 0 Å². The zero-order valence-corrected chi connectivity index (χ0v) is 14.5.